The lowest BCUT2D eigenvalue weighted by molar-refractivity contribution is -0.129. The monoisotopic (exact) mass is 329 g/mol. The smallest absolute Gasteiger partial charge is 0.316 e. The molecule has 2 heterocycles. The Balaban J connectivity index is 1.41. The molecule has 1 aliphatic rings. The molecule has 6 heteroatoms. The molecule has 1 atom stereocenters. The molecule has 0 bridgehead atoms. The van der Waals surface area contributed by atoms with Gasteiger partial charge in [0.1, 0.15) is 6.10 Å². The Morgan fingerprint density at radius 1 is 1.22 bits per heavy atom. The Morgan fingerprint density at radius 3 is 2.78 bits per heavy atom. The molecule has 0 N–H and O–H groups in total. The zero-order valence-corrected chi connectivity index (χ0v) is 13.6. The second-order valence-electron chi connectivity index (χ2n) is 5.31. The highest BCUT2D eigenvalue weighted by Crippen LogP contribution is 2.20. The van der Waals surface area contributed by atoms with E-state index in [1.54, 1.807) is 30.2 Å². The third-order valence-electron chi connectivity index (χ3n) is 3.64. The molecule has 0 spiro atoms. The van der Waals surface area contributed by atoms with Gasteiger partial charge in [-0.3, -0.25) is 4.79 Å². The number of aromatic nitrogens is 2. The molecular weight excluding hydrogens is 310 g/mol. The largest absolute Gasteiger partial charge is 0.458 e. The molecule has 120 valence electrons. The molecule has 2 aromatic rings. The Bertz CT molecular complexity index is 624. The van der Waals surface area contributed by atoms with E-state index in [0.717, 1.165) is 18.7 Å². The van der Waals surface area contributed by atoms with Crippen LogP contribution in [0.25, 0.3) is 0 Å². The number of amides is 1. The maximum absolute atomic E-state index is 12.3. The Labute approximate surface area is 140 Å². The van der Waals surface area contributed by atoms with Crippen molar-refractivity contribution in [2.75, 3.05) is 18.8 Å². The third kappa shape index (κ3) is 4.69. The second-order valence-corrected chi connectivity index (χ2v) is 6.48. The van der Waals surface area contributed by atoms with Crippen LogP contribution in [0.5, 0.6) is 6.01 Å². The van der Waals surface area contributed by atoms with Gasteiger partial charge in [0, 0.05) is 42.4 Å². The Hall–Kier alpha value is -2.08. The first-order valence-electron chi connectivity index (χ1n) is 7.70. The molecule has 23 heavy (non-hydrogen) atoms. The lowest BCUT2D eigenvalue weighted by Crippen LogP contribution is -2.31. The summed E-state index contributed by atoms with van der Waals surface area (Å²) in [5.41, 5.74) is 0. The van der Waals surface area contributed by atoms with Crippen LogP contribution in [-0.4, -0.2) is 45.7 Å². The van der Waals surface area contributed by atoms with E-state index in [4.69, 9.17) is 4.74 Å². The van der Waals surface area contributed by atoms with Crippen molar-refractivity contribution in [1.29, 1.82) is 0 Å². The average Bonchev–Trinajstić information content (AvgIpc) is 3.05. The minimum atomic E-state index is -0.0110. The maximum Gasteiger partial charge on any atom is 0.316 e. The number of carbonyl (C=O) groups is 1. The molecule has 0 radical (unpaired) electrons. The zero-order chi connectivity index (χ0) is 15.9. The number of likely N-dealkylation sites (tertiary alicyclic amines) is 1. The van der Waals surface area contributed by atoms with Crippen LogP contribution < -0.4 is 4.74 Å². The summed E-state index contributed by atoms with van der Waals surface area (Å²) in [6.45, 7) is 1.36. The summed E-state index contributed by atoms with van der Waals surface area (Å²) in [7, 11) is 0. The summed E-state index contributed by atoms with van der Waals surface area (Å²) < 4.78 is 5.71. The number of thioether (sulfide) groups is 1. The van der Waals surface area contributed by atoms with Gasteiger partial charge in [-0.05, 0) is 18.2 Å². The van der Waals surface area contributed by atoms with Crippen molar-refractivity contribution >= 4 is 17.7 Å². The van der Waals surface area contributed by atoms with Gasteiger partial charge in [0.05, 0.1) is 6.54 Å². The molecule has 1 aromatic carbocycles. The number of hydrogen-bond acceptors (Lipinski definition) is 5. The second kappa shape index (κ2) is 7.97. The topological polar surface area (TPSA) is 55.3 Å². The molecule has 0 unspecified atom stereocenters. The lowest BCUT2D eigenvalue weighted by Gasteiger charge is -2.16. The maximum atomic E-state index is 12.3. The summed E-state index contributed by atoms with van der Waals surface area (Å²) in [6.07, 6.45) is 4.68. The van der Waals surface area contributed by atoms with Crippen LogP contribution in [0, 0.1) is 0 Å². The third-order valence-corrected chi connectivity index (χ3v) is 4.65. The number of carbonyl (C=O) groups excluding carboxylic acids is 1. The molecule has 1 fully saturated rings. The van der Waals surface area contributed by atoms with Gasteiger partial charge in [-0.25, -0.2) is 9.97 Å². The van der Waals surface area contributed by atoms with Crippen LogP contribution in [-0.2, 0) is 4.79 Å². The fraction of sp³-hybridized carbons (Fsp3) is 0.353. The predicted octanol–water partition coefficient (Wildman–Crippen LogP) is 2.64. The van der Waals surface area contributed by atoms with Gasteiger partial charge in [-0.2, -0.15) is 0 Å². The van der Waals surface area contributed by atoms with Crippen molar-refractivity contribution in [3.8, 4) is 6.01 Å². The normalized spacial score (nSPS) is 17.2. The Kier molecular flexibility index (Phi) is 5.47. The summed E-state index contributed by atoms with van der Waals surface area (Å²) in [4.78, 5) is 23.4. The van der Waals surface area contributed by atoms with Crippen LogP contribution in [0.1, 0.15) is 12.8 Å². The fourth-order valence-corrected chi connectivity index (χ4v) is 3.34. The van der Waals surface area contributed by atoms with Crippen molar-refractivity contribution in [2.24, 2.45) is 0 Å². The fourth-order valence-electron chi connectivity index (χ4n) is 2.48. The van der Waals surface area contributed by atoms with E-state index in [0.29, 0.717) is 19.0 Å². The number of hydrogen-bond donors (Lipinski definition) is 0. The van der Waals surface area contributed by atoms with E-state index < -0.39 is 0 Å². The number of ether oxygens (including phenoxy) is 1. The van der Waals surface area contributed by atoms with E-state index >= 15 is 0 Å². The first kappa shape index (κ1) is 15.8. The first-order valence-corrected chi connectivity index (χ1v) is 8.69. The predicted molar refractivity (Wildman–Crippen MR) is 89.4 cm³/mol. The summed E-state index contributed by atoms with van der Waals surface area (Å²) >= 11 is 1.71. The molecular formula is C17H19N3O2S. The standard InChI is InChI=1S/C17H19N3O2S/c21-16(8-12-23-15-5-2-1-3-6-15)20-11-7-14(13-20)22-17-18-9-4-10-19-17/h1-6,9-10,14H,7-8,11-13H2/t14-/m1/s1. The van der Waals surface area contributed by atoms with Crippen LogP contribution in [0.2, 0.25) is 0 Å². The summed E-state index contributed by atoms with van der Waals surface area (Å²) in [5, 5.41) is 0. The SMILES string of the molecule is O=C(CCSc1ccccc1)N1CC[C@@H](Oc2ncccn2)C1. The zero-order valence-electron chi connectivity index (χ0n) is 12.8. The quantitative estimate of drug-likeness (QED) is 0.763. The van der Waals surface area contributed by atoms with Crippen LogP contribution in [0.3, 0.4) is 0 Å². The van der Waals surface area contributed by atoms with E-state index in [9.17, 15) is 4.79 Å². The highest BCUT2D eigenvalue weighted by atomic mass is 32.2. The molecule has 0 aliphatic carbocycles. The van der Waals surface area contributed by atoms with Gasteiger partial charge in [-0.15, -0.1) is 11.8 Å². The molecule has 5 nitrogen and oxygen atoms in total. The van der Waals surface area contributed by atoms with Crippen molar-refractivity contribution < 1.29 is 9.53 Å². The highest BCUT2D eigenvalue weighted by Gasteiger charge is 2.27. The van der Waals surface area contributed by atoms with E-state index in [-0.39, 0.29) is 12.0 Å². The van der Waals surface area contributed by atoms with Gasteiger partial charge >= 0.3 is 6.01 Å². The van der Waals surface area contributed by atoms with Crippen molar-refractivity contribution in [1.82, 2.24) is 14.9 Å². The molecule has 1 amide bonds. The van der Waals surface area contributed by atoms with Crippen molar-refractivity contribution in [3.05, 3.63) is 48.8 Å². The van der Waals surface area contributed by atoms with Crippen molar-refractivity contribution in [3.63, 3.8) is 0 Å². The van der Waals surface area contributed by atoms with Gasteiger partial charge in [0.25, 0.3) is 0 Å². The van der Waals surface area contributed by atoms with E-state index in [2.05, 4.69) is 22.1 Å². The van der Waals surface area contributed by atoms with Crippen LogP contribution in [0.15, 0.2) is 53.7 Å². The van der Waals surface area contributed by atoms with E-state index in [1.807, 2.05) is 23.1 Å². The van der Waals surface area contributed by atoms with Gasteiger partial charge < -0.3 is 9.64 Å². The van der Waals surface area contributed by atoms with Gasteiger partial charge in [-0.1, -0.05) is 18.2 Å². The minimum absolute atomic E-state index is 0.0110. The van der Waals surface area contributed by atoms with Crippen molar-refractivity contribution in [2.45, 2.75) is 23.8 Å². The first-order chi connectivity index (χ1) is 11.3. The number of nitrogens with zero attached hydrogens (tertiary/aromatic N) is 3. The Morgan fingerprint density at radius 2 is 2.00 bits per heavy atom. The molecule has 1 aliphatic heterocycles. The molecule has 1 saturated heterocycles. The molecule has 0 saturated carbocycles. The lowest BCUT2D eigenvalue weighted by atomic mass is 10.3. The number of benzene rings is 1. The summed E-state index contributed by atoms with van der Waals surface area (Å²) in [5.74, 6) is 0.987. The minimum Gasteiger partial charge on any atom is -0.458 e. The average molecular weight is 329 g/mol. The number of rotatable bonds is 6. The summed E-state index contributed by atoms with van der Waals surface area (Å²) in [6, 6.07) is 12.3. The van der Waals surface area contributed by atoms with Crippen LogP contribution >= 0.6 is 11.8 Å². The van der Waals surface area contributed by atoms with E-state index in [1.165, 1.54) is 4.90 Å². The molecule has 1 aromatic heterocycles. The van der Waals surface area contributed by atoms with Gasteiger partial charge in [0.15, 0.2) is 0 Å². The van der Waals surface area contributed by atoms with Crippen LogP contribution in [0.4, 0.5) is 0 Å². The highest BCUT2D eigenvalue weighted by molar-refractivity contribution is 7.99. The molecule has 3 rings (SSSR count). The van der Waals surface area contributed by atoms with Gasteiger partial charge in [0.2, 0.25) is 5.91 Å².